The van der Waals surface area contributed by atoms with E-state index in [1.165, 1.54) is 0 Å². The Kier molecular flexibility index (Phi) is 2.42. The van der Waals surface area contributed by atoms with Crippen LogP contribution in [0.15, 0.2) is 42.6 Å². The summed E-state index contributed by atoms with van der Waals surface area (Å²) in [7, 11) is 0. The van der Waals surface area contributed by atoms with Crippen LogP contribution in [0.2, 0.25) is 0 Å². The smallest absolute Gasteiger partial charge is 0.256 e. The molecule has 2 rings (SSSR count). The molecule has 1 aromatic carbocycles. The maximum atomic E-state index is 8.90. The number of rotatable bonds is 1. The van der Waals surface area contributed by atoms with Gasteiger partial charge < -0.3 is 0 Å². The summed E-state index contributed by atoms with van der Waals surface area (Å²) in [6, 6.07) is 11.4. The molecule has 0 spiro atoms. The Morgan fingerprint density at radius 2 is 2.07 bits per heavy atom. The SMILES string of the molecule is Cc1ccc(-c2ccccn2)c([N+]#N)c1. The minimum atomic E-state index is 0.550. The van der Waals surface area contributed by atoms with Crippen LogP contribution in [0.4, 0.5) is 5.69 Å². The van der Waals surface area contributed by atoms with Crippen LogP contribution in [0.5, 0.6) is 0 Å². The molecule has 3 heteroatoms. The van der Waals surface area contributed by atoms with Crippen molar-refractivity contribution < 1.29 is 0 Å². The third kappa shape index (κ3) is 1.84. The summed E-state index contributed by atoms with van der Waals surface area (Å²) in [5.41, 5.74) is 3.25. The number of diazo groups is 1. The average molecular weight is 196 g/mol. The molecule has 0 aliphatic heterocycles. The van der Waals surface area contributed by atoms with Crippen LogP contribution in [-0.2, 0) is 0 Å². The molecule has 0 N–H and O–H groups in total. The number of hydrogen-bond acceptors (Lipinski definition) is 2. The first kappa shape index (κ1) is 9.35. The highest BCUT2D eigenvalue weighted by Crippen LogP contribution is 2.29. The topological polar surface area (TPSA) is 41.0 Å². The quantitative estimate of drug-likeness (QED) is 0.654. The zero-order valence-corrected chi connectivity index (χ0v) is 8.38. The van der Waals surface area contributed by atoms with Crippen molar-refractivity contribution in [3.05, 3.63) is 53.1 Å². The number of benzene rings is 1. The van der Waals surface area contributed by atoms with Gasteiger partial charge in [0.15, 0.2) is 4.98 Å². The largest absolute Gasteiger partial charge is 0.394 e. The highest BCUT2D eigenvalue weighted by atomic mass is 14.9. The van der Waals surface area contributed by atoms with Crippen LogP contribution in [0.3, 0.4) is 0 Å². The van der Waals surface area contributed by atoms with E-state index in [0.717, 1.165) is 16.8 Å². The predicted molar refractivity (Wildman–Crippen MR) is 59.2 cm³/mol. The first-order chi connectivity index (χ1) is 7.31. The standard InChI is InChI=1S/C12H10N3/c1-9-5-6-10(12(8-9)15-13)11-4-2-3-7-14-11/h2-8H,1H3/q+1. The maximum Gasteiger partial charge on any atom is 0.394 e. The van der Waals surface area contributed by atoms with Crippen molar-refractivity contribution in [3.63, 3.8) is 0 Å². The molecule has 0 unspecified atom stereocenters. The molecule has 0 aliphatic carbocycles. The van der Waals surface area contributed by atoms with Gasteiger partial charge in [0.25, 0.3) is 0 Å². The zero-order chi connectivity index (χ0) is 10.7. The van der Waals surface area contributed by atoms with Crippen molar-refractivity contribution >= 4 is 5.69 Å². The lowest BCUT2D eigenvalue weighted by Gasteiger charge is -1.97. The number of hydrogen-bond donors (Lipinski definition) is 0. The third-order valence-electron chi connectivity index (χ3n) is 2.20. The monoisotopic (exact) mass is 196 g/mol. The van der Waals surface area contributed by atoms with E-state index in [-0.39, 0.29) is 0 Å². The van der Waals surface area contributed by atoms with Crippen LogP contribution < -0.4 is 0 Å². The minimum absolute atomic E-state index is 0.550. The lowest BCUT2D eigenvalue weighted by Crippen LogP contribution is -1.82. The van der Waals surface area contributed by atoms with Gasteiger partial charge in [-0.1, -0.05) is 12.1 Å². The number of nitrogens with zero attached hydrogens (tertiary/aromatic N) is 3. The first-order valence-corrected chi connectivity index (χ1v) is 4.68. The fourth-order valence-electron chi connectivity index (χ4n) is 1.46. The van der Waals surface area contributed by atoms with Crippen molar-refractivity contribution in [2.75, 3.05) is 0 Å². The van der Waals surface area contributed by atoms with E-state index in [9.17, 15) is 0 Å². The van der Waals surface area contributed by atoms with E-state index < -0.39 is 0 Å². The molecule has 0 saturated carbocycles. The van der Waals surface area contributed by atoms with E-state index in [0.29, 0.717) is 5.69 Å². The second kappa shape index (κ2) is 3.89. The Morgan fingerprint density at radius 1 is 1.20 bits per heavy atom. The van der Waals surface area contributed by atoms with Gasteiger partial charge in [-0.3, -0.25) is 4.98 Å². The van der Waals surface area contributed by atoms with Gasteiger partial charge >= 0.3 is 5.69 Å². The Balaban J connectivity index is 2.60. The Labute approximate surface area is 88.0 Å². The maximum absolute atomic E-state index is 8.90. The van der Waals surface area contributed by atoms with E-state index in [1.54, 1.807) is 6.20 Å². The number of aromatic nitrogens is 1. The molecule has 1 heterocycles. The lowest BCUT2D eigenvalue weighted by atomic mass is 10.1. The molecular formula is C12H10N3+. The second-order valence-electron chi connectivity index (χ2n) is 3.34. The molecule has 0 fully saturated rings. The highest BCUT2D eigenvalue weighted by Gasteiger charge is 2.15. The average Bonchev–Trinajstić information content (AvgIpc) is 2.30. The molecule has 0 amide bonds. The molecule has 0 bridgehead atoms. The van der Waals surface area contributed by atoms with Gasteiger partial charge in [-0.05, 0) is 30.7 Å². The molecule has 0 atom stereocenters. The molecule has 3 nitrogen and oxygen atoms in total. The van der Waals surface area contributed by atoms with Gasteiger partial charge in [-0.2, -0.15) is 0 Å². The third-order valence-corrected chi connectivity index (χ3v) is 2.20. The second-order valence-corrected chi connectivity index (χ2v) is 3.34. The summed E-state index contributed by atoms with van der Waals surface area (Å²) in [6.45, 7) is 1.96. The summed E-state index contributed by atoms with van der Waals surface area (Å²) < 4.78 is 0. The van der Waals surface area contributed by atoms with Crippen LogP contribution in [0, 0.1) is 12.3 Å². The molecule has 1 aromatic heterocycles. The van der Waals surface area contributed by atoms with E-state index >= 15 is 0 Å². The van der Waals surface area contributed by atoms with E-state index in [1.807, 2.05) is 43.3 Å². The normalized spacial score (nSPS) is 9.60. The molecule has 15 heavy (non-hydrogen) atoms. The van der Waals surface area contributed by atoms with Gasteiger partial charge in [0.1, 0.15) is 0 Å². The van der Waals surface area contributed by atoms with Gasteiger partial charge in [-0.15, -0.1) is 0 Å². The lowest BCUT2D eigenvalue weighted by molar-refractivity contribution is 1.32. The van der Waals surface area contributed by atoms with Gasteiger partial charge in [-0.25, -0.2) is 0 Å². The zero-order valence-electron chi connectivity index (χ0n) is 8.38. The molecule has 72 valence electrons. The molecule has 0 saturated heterocycles. The van der Waals surface area contributed by atoms with Crippen molar-refractivity contribution in [1.82, 2.24) is 4.98 Å². The summed E-state index contributed by atoms with van der Waals surface area (Å²) in [5, 5.41) is 8.90. The van der Waals surface area contributed by atoms with Crippen LogP contribution in [-0.4, -0.2) is 4.98 Å². The fourth-order valence-corrected chi connectivity index (χ4v) is 1.46. The highest BCUT2D eigenvalue weighted by molar-refractivity contribution is 5.76. The fraction of sp³-hybridized carbons (Fsp3) is 0.0833. The summed E-state index contributed by atoms with van der Waals surface area (Å²) in [5.74, 6) is 0. The van der Waals surface area contributed by atoms with Crippen molar-refractivity contribution in [1.29, 1.82) is 5.39 Å². The number of aryl methyl sites for hydroxylation is 1. The van der Waals surface area contributed by atoms with Gasteiger partial charge in [0.2, 0.25) is 5.39 Å². The van der Waals surface area contributed by atoms with Gasteiger partial charge in [0.05, 0.1) is 11.3 Å². The van der Waals surface area contributed by atoms with Crippen molar-refractivity contribution in [2.45, 2.75) is 6.92 Å². The Hall–Kier alpha value is -2.21. The van der Waals surface area contributed by atoms with E-state index in [2.05, 4.69) is 9.96 Å². The van der Waals surface area contributed by atoms with Crippen LogP contribution in [0.25, 0.3) is 16.2 Å². The summed E-state index contributed by atoms with van der Waals surface area (Å²) >= 11 is 0. The molecular weight excluding hydrogens is 186 g/mol. The Morgan fingerprint density at radius 3 is 2.73 bits per heavy atom. The summed E-state index contributed by atoms with van der Waals surface area (Å²) in [4.78, 5) is 7.48. The summed E-state index contributed by atoms with van der Waals surface area (Å²) in [6.07, 6.45) is 1.72. The van der Waals surface area contributed by atoms with Crippen LogP contribution in [0.1, 0.15) is 5.56 Å². The minimum Gasteiger partial charge on any atom is -0.256 e. The number of pyridine rings is 1. The van der Waals surface area contributed by atoms with E-state index in [4.69, 9.17) is 5.39 Å². The molecule has 2 aromatic rings. The first-order valence-electron chi connectivity index (χ1n) is 4.68. The molecule has 0 aliphatic rings. The predicted octanol–water partition coefficient (Wildman–Crippen LogP) is 3.54. The Bertz CT molecular complexity index is 512. The van der Waals surface area contributed by atoms with Crippen LogP contribution >= 0.6 is 0 Å². The van der Waals surface area contributed by atoms with Crippen molar-refractivity contribution in [3.8, 4) is 11.3 Å². The van der Waals surface area contributed by atoms with Gasteiger partial charge in [0, 0.05) is 12.3 Å². The molecule has 0 radical (unpaired) electrons. The van der Waals surface area contributed by atoms with Crippen molar-refractivity contribution in [2.24, 2.45) is 0 Å².